The van der Waals surface area contributed by atoms with Crippen molar-refractivity contribution in [3.8, 4) is 0 Å². The number of hydrogen-bond acceptors (Lipinski definition) is 1. The third kappa shape index (κ3) is 4.11. The van der Waals surface area contributed by atoms with E-state index in [0.29, 0.717) is 0 Å². The second-order valence-corrected chi connectivity index (χ2v) is 5.28. The lowest BCUT2D eigenvalue weighted by Gasteiger charge is -2.12. The fourth-order valence-electron chi connectivity index (χ4n) is 2.32. The normalized spacial score (nSPS) is 12.4. The van der Waals surface area contributed by atoms with Gasteiger partial charge >= 0.3 is 0 Å². The zero-order chi connectivity index (χ0) is 15.2. The van der Waals surface area contributed by atoms with E-state index in [0.717, 1.165) is 30.9 Å². The van der Waals surface area contributed by atoms with E-state index in [4.69, 9.17) is 0 Å². The molecular weight excluding hydrogens is 270 g/mol. The Morgan fingerprint density at radius 2 is 1.76 bits per heavy atom. The van der Waals surface area contributed by atoms with Gasteiger partial charge in [-0.05, 0) is 35.6 Å². The Balaban J connectivity index is 2.06. The van der Waals surface area contributed by atoms with Crippen LogP contribution in [0.25, 0.3) is 0 Å². The summed E-state index contributed by atoms with van der Waals surface area (Å²) in [5.74, 6) is -1.76. The minimum Gasteiger partial charge on any atom is -0.388 e. The van der Waals surface area contributed by atoms with E-state index in [1.54, 1.807) is 0 Å². The first-order valence-electron chi connectivity index (χ1n) is 7.31. The molecule has 0 aliphatic heterocycles. The molecule has 2 aromatic carbocycles. The summed E-state index contributed by atoms with van der Waals surface area (Å²) in [6.45, 7) is 2.14. The minimum atomic E-state index is -0.880. The number of rotatable bonds is 6. The molecule has 2 rings (SSSR count). The average Bonchev–Trinajstić information content (AvgIpc) is 2.50. The number of hydrogen-bond donors (Lipinski definition) is 1. The minimum absolute atomic E-state index is 0.0674. The van der Waals surface area contributed by atoms with Crippen molar-refractivity contribution in [3.05, 3.63) is 70.8 Å². The van der Waals surface area contributed by atoms with Gasteiger partial charge in [0.1, 0.15) is 0 Å². The van der Waals surface area contributed by atoms with Gasteiger partial charge < -0.3 is 5.11 Å². The number of aryl methyl sites for hydroxylation is 1. The van der Waals surface area contributed by atoms with Crippen LogP contribution >= 0.6 is 0 Å². The molecule has 0 aromatic heterocycles. The van der Waals surface area contributed by atoms with Crippen LogP contribution in [-0.4, -0.2) is 5.11 Å². The molecule has 3 heteroatoms. The lowest BCUT2D eigenvalue weighted by Crippen LogP contribution is -2.04. The molecule has 0 bridgehead atoms. The fraction of sp³-hybridized carbons (Fsp3) is 0.333. The van der Waals surface area contributed by atoms with Gasteiger partial charge in [0.2, 0.25) is 0 Å². The Kier molecular flexibility index (Phi) is 5.45. The number of aliphatic hydroxyl groups excluding tert-OH is 1. The van der Waals surface area contributed by atoms with E-state index in [2.05, 4.69) is 6.92 Å². The lowest BCUT2D eigenvalue weighted by atomic mass is 9.99. The van der Waals surface area contributed by atoms with E-state index < -0.39 is 17.7 Å². The van der Waals surface area contributed by atoms with Crippen molar-refractivity contribution in [1.29, 1.82) is 0 Å². The first-order chi connectivity index (χ1) is 10.1. The second kappa shape index (κ2) is 7.32. The third-order valence-electron chi connectivity index (χ3n) is 3.63. The molecule has 0 amide bonds. The molecule has 0 radical (unpaired) electrons. The summed E-state index contributed by atoms with van der Waals surface area (Å²) in [6.07, 6.45) is 2.53. The molecule has 0 heterocycles. The zero-order valence-corrected chi connectivity index (χ0v) is 12.2. The Hall–Kier alpha value is -1.74. The topological polar surface area (TPSA) is 20.2 Å². The molecule has 112 valence electrons. The van der Waals surface area contributed by atoms with E-state index in [1.807, 2.05) is 24.3 Å². The van der Waals surface area contributed by atoms with Crippen LogP contribution in [0, 0.1) is 11.6 Å². The molecule has 0 fully saturated rings. The molecule has 0 saturated heterocycles. The van der Waals surface area contributed by atoms with Crippen molar-refractivity contribution in [1.82, 2.24) is 0 Å². The summed E-state index contributed by atoms with van der Waals surface area (Å²) >= 11 is 0. The summed E-state index contributed by atoms with van der Waals surface area (Å²) in [5, 5.41) is 10.2. The van der Waals surface area contributed by atoms with Crippen molar-refractivity contribution in [2.75, 3.05) is 0 Å². The van der Waals surface area contributed by atoms with Crippen LogP contribution in [0.5, 0.6) is 0 Å². The predicted octanol–water partition coefficient (Wildman–Crippen LogP) is 4.58. The second-order valence-electron chi connectivity index (χ2n) is 5.28. The lowest BCUT2D eigenvalue weighted by molar-refractivity contribution is 0.177. The highest BCUT2D eigenvalue weighted by molar-refractivity contribution is 5.27. The largest absolute Gasteiger partial charge is 0.388 e. The number of unbranched alkanes of at least 4 members (excludes halogenated alkanes) is 1. The monoisotopic (exact) mass is 290 g/mol. The highest BCUT2D eigenvalue weighted by atomic mass is 19.2. The fourth-order valence-corrected chi connectivity index (χ4v) is 2.32. The SMILES string of the molecule is CCCCc1ccc(C(O)Cc2cccc(F)c2F)cc1. The van der Waals surface area contributed by atoms with Crippen LogP contribution in [0.1, 0.15) is 42.6 Å². The molecule has 0 saturated carbocycles. The standard InChI is InChI=1S/C18H20F2O/c1-2-3-5-13-8-10-14(11-9-13)17(21)12-15-6-4-7-16(19)18(15)20/h4,6-11,17,21H,2-3,5,12H2,1H3. The Morgan fingerprint density at radius 3 is 2.43 bits per heavy atom. The number of aliphatic hydroxyl groups is 1. The van der Waals surface area contributed by atoms with Gasteiger partial charge in [-0.25, -0.2) is 8.78 Å². The molecule has 2 aromatic rings. The van der Waals surface area contributed by atoms with Crippen LogP contribution in [-0.2, 0) is 12.8 Å². The number of halogens is 2. The van der Waals surface area contributed by atoms with Crippen LogP contribution in [0.15, 0.2) is 42.5 Å². The van der Waals surface area contributed by atoms with Crippen molar-refractivity contribution in [3.63, 3.8) is 0 Å². The maximum atomic E-state index is 13.6. The third-order valence-corrected chi connectivity index (χ3v) is 3.63. The highest BCUT2D eigenvalue weighted by Gasteiger charge is 2.14. The average molecular weight is 290 g/mol. The Labute approximate surface area is 124 Å². The van der Waals surface area contributed by atoms with Crippen LogP contribution in [0.3, 0.4) is 0 Å². The van der Waals surface area contributed by atoms with Crippen LogP contribution in [0.2, 0.25) is 0 Å². The summed E-state index contributed by atoms with van der Waals surface area (Å²) in [6, 6.07) is 11.7. The highest BCUT2D eigenvalue weighted by Crippen LogP contribution is 2.22. The number of benzene rings is 2. The first kappa shape index (κ1) is 15.6. The van der Waals surface area contributed by atoms with E-state index in [-0.39, 0.29) is 12.0 Å². The Bertz CT molecular complexity index is 578. The van der Waals surface area contributed by atoms with Crippen molar-refractivity contribution in [2.24, 2.45) is 0 Å². The summed E-state index contributed by atoms with van der Waals surface area (Å²) in [5.41, 5.74) is 2.14. The summed E-state index contributed by atoms with van der Waals surface area (Å²) < 4.78 is 26.7. The smallest absolute Gasteiger partial charge is 0.162 e. The summed E-state index contributed by atoms with van der Waals surface area (Å²) in [7, 11) is 0. The maximum absolute atomic E-state index is 13.6. The van der Waals surface area contributed by atoms with Gasteiger partial charge in [0.25, 0.3) is 0 Å². The molecular formula is C18H20F2O. The first-order valence-corrected chi connectivity index (χ1v) is 7.31. The van der Waals surface area contributed by atoms with Gasteiger partial charge in [-0.3, -0.25) is 0 Å². The van der Waals surface area contributed by atoms with Crippen molar-refractivity contribution < 1.29 is 13.9 Å². The summed E-state index contributed by atoms with van der Waals surface area (Å²) in [4.78, 5) is 0. The van der Waals surface area contributed by atoms with Gasteiger partial charge in [-0.2, -0.15) is 0 Å². The molecule has 1 unspecified atom stereocenters. The Morgan fingerprint density at radius 1 is 1.05 bits per heavy atom. The molecule has 21 heavy (non-hydrogen) atoms. The van der Waals surface area contributed by atoms with Crippen molar-refractivity contribution in [2.45, 2.75) is 38.7 Å². The van der Waals surface area contributed by atoms with Crippen molar-refractivity contribution >= 4 is 0 Å². The molecule has 1 nitrogen and oxygen atoms in total. The van der Waals surface area contributed by atoms with Gasteiger partial charge in [-0.15, -0.1) is 0 Å². The van der Waals surface area contributed by atoms with Gasteiger partial charge in [0.15, 0.2) is 11.6 Å². The molecule has 1 N–H and O–H groups in total. The van der Waals surface area contributed by atoms with Gasteiger partial charge in [-0.1, -0.05) is 49.7 Å². The molecule has 0 aliphatic rings. The van der Waals surface area contributed by atoms with E-state index >= 15 is 0 Å². The molecule has 0 aliphatic carbocycles. The zero-order valence-electron chi connectivity index (χ0n) is 12.2. The predicted molar refractivity (Wildman–Crippen MR) is 80.1 cm³/mol. The van der Waals surface area contributed by atoms with Gasteiger partial charge in [0.05, 0.1) is 6.10 Å². The van der Waals surface area contributed by atoms with E-state index in [9.17, 15) is 13.9 Å². The molecule has 1 atom stereocenters. The molecule has 0 spiro atoms. The van der Waals surface area contributed by atoms with Gasteiger partial charge in [0, 0.05) is 6.42 Å². The van der Waals surface area contributed by atoms with Crippen LogP contribution in [0.4, 0.5) is 8.78 Å². The quantitative estimate of drug-likeness (QED) is 0.825. The maximum Gasteiger partial charge on any atom is 0.162 e. The van der Waals surface area contributed by atoms with Crippen LogP contribution < -0.4 is 0 Å². The van der Waals surface area contributed by atoms with E-state index in [1.165, 1.54) is 17.7 Å².